The number of aliphatic hydroxyl groups excluding tert-OH is 1. The fourth-order valence-corrected chi connectivity index (χ4v) is 8.96. The smallest absolute Gasteiger partial charge is 0.319 e. The number of nitrogens with zero attached hydrogens (tertiary/aromatic N) is 5. The average molecular weight is 634 g/mol. The van der Waals surface area contributed by atoms with Gasteiger partial charge in [0, 0.05) is 43.2 Å². The number of aryl methyl sites for hydroxylation is 1. The van der Waals surface area contributed by atoms with Crippen molar-refractivity contribution < 1.29 is 28.1 Å². The number of anilines is 1. The molecule has 4 aromatic rings. The molecule has 3 aliphatic heterocycles. The Morgan fingerprint density at radius 1 is 1.11 bits per heavy atom. The predicted octanol–water partition coefficient (Wildman–Crippen LogP) is 5.95. The lowest BCUT2D eigenvalue weighted by Gasteiger charge is -2.40. The first-order valence-electron chi connectivity index (χ1n) is 16.4. The highest BCUT2D eigenvalue weighted by Crippen LogP contribution is 2.48. The third-order valence-electron chi connectivity index (χ3n) is 11.1. The number of rotatable bonds is 7. The number of aromatic hydroxyl groups is 1. The van der Waals surface area contributed by atoms with E-state index in [1.165, 1.54) is 24.4 Å². The molecule has 0 radical (unpaired) electrons. The first kappa shape index (κ1) is 29.7. The summed E-state index contributed by atoms with van der Waals surface area (Å²) in [7, 11) is 0. The summed E-state index contributed by atoms with van der Waals surface area (Å²) >= 11 is 0. The minimum atomic E-state index is -0.920. The van der Waals surface area contributed by atoms with Gasteiger partial charge in [-0.2, -0.15) is 9.97 Å². The maximum absolute atomic E-state index is 16.9. The molecule has 4 fully saturated rings. The zero-order valence-corrected chi connectivity index (χ0v) is 25.9. The van der Waals surface area contributed by atoms with Crippen LogP contribution in [0.4, 0.5) is 19.0 Å². The molecule has 2 bridgehead atoms. The summed E-state index contributed by atoms with van der Waals surface area (Å²) in [4.78, 5) is 18.2. The molecule has 8 rings (SSSR count). The van der Waals surface area contributed by atoms with Crippen LogP contribution < -0.4 is 9.64 Å². The van der Waals surface area contributed by atoms with E-state index in [0.29, 0.717) is 65.9 Å². The predicted molar refractivity (Wildman–Crippen MR) is 169 cm³/mol. The van der Waals surface area contributed by atoms with Crippen molar-refractivity contribution in [3.63, 3.8) is 0 Å². The van der Waals surface area contributed by atoms with Gasteiger partial charge in [-0.15, -0.1) is 0 Å². The maximum atomic E-state index is 16.9. The molecule has 242 valence electrons. The van der Waals surface area contributed by atoms with E-state index < -0.39 is 23.3 Å². The summed E-state index contributed by atoms with van der Waals surface area (Å²) in [6.07, 6.45) is 5.98. The summed E-state index contributed by atoms with van der Waals surface area (Å²) < 4.78 is 52.6. The Morgan fingerprint density at radius 3 is 2.80 bits per heavy atom. The second-order valence-corrected chi connectivity index (χ2v) is 14.0. The van der Waals surface area contributed by atoms with Gasteiger partial charge in [0.25, 0.3) is 0 Å². The quantitative estimate of drug-likeness (QED) is 0.258. The molecular formula is C35H38F3N5O3. The largest absolute Gasteiger partial charge is 0.508 e. The van der Waals surface area contributed by atoms with Crippen LogP contribution in [0, 0.1) is 23.0 Å². The molecule has 4 aliphatic rings. The van der Waals surface area contributed by atoms with Gasteiger partial charge in [0.1, 0.15) is 41.4 Å². The Balaban J connectivity index is 1.28. The fraction of sp³-hybridized carbons (Fsp3) is 0.514. The van der Waals surface area contributed by atoms with Crippen molar-refractivity contribution in [3.8, 4) is 23.0 Å². The van der Waals surface area contributed by atoms with Crippen LogP contribution in [0.1, 0.15) is 51.0 Å². The number of phenolic OH excluding ortho intramolecular Hbond substituents is 1. The zero-order chi connectivity index (χ0) is 31.8. The van der Waals surface area contributed by atoms with E-state index in [2.05, 4.69) is 19.8 Å². The van der Waals surface area contributed by atoms with Crippen molar-refractivity contribution in [2.75, 3.05) is 44.3 Å². The third kappa shape index (κ3) is 4.68. The first-order chi connectivity index (χ1) is 22.2. The van der Waals surface area contributed by atoms with Crippen LogP contribution in [0.2, 0.25) is 0 Å². The molecule has 2 aromatic carbocycles. The molecule has 2 N–H and O–H groups in total. The van der Waals surface area contributed by atoms with E-state index in [1.807, 2.05) is 6.92 Å². The van der Waals surface area contributed by atoms with Crippen molar-refractivity contribution in [2.45, 2.75) is 63.6 Å². The third-order valence-corrected chi connectivity index (χ3v) is 11.1. The van der Waals surface area contributed by atoms with E-state index in [4.69, 9.17) is 9.72 Å². The van der Waals surface area contributed by atoms with E-state index in [0.717, 1.165) is 38.6 Å². The van der Waals surface area contributed by atoms with E-state index in [1.54, 1.807) is 6.07 Å². The second kappa shape index (κ2) is 10.9. The van der Waals surface area contributed by atoms with Gasteiger partial charge in [0.15, 0.2) is 5.82 Å². The molecule has 8 nitrogen and oxygen atoms in total. The van der Waals surface area contributed by atoms with Crippen LogP contribution >= 0.6 is 0 Å². The number of phenols is 1. The van der Waals surface area contributed by atoms with Gasteiger partial charge in [-0.1, -0.05) is 13.0 Å². The van der Waals surface area contributed by atoms with Crippen molar-refractivity contribution in [3.05, 3.63) is 47.7 Å². The van der Waals surface area contributed by atoms with E-state index in [9.17, 15) is 19.0 Å². The summed E-state index contributed by atoms with van der Waals surface area (Å²) in [5.41, 5.74) is -0.0793. The number of alkyl halides is 1. The lowest BCUT2D eigenvalue weighted by atomic mass is 9.83. The van der Waals surface area contributed by atoms with Crippen LogP contribution in [0.5, 0.6) is 11.8 Å². The normalized spacial score (nSPS) is 27.6. The number of aliphatic hydroxyl groups is 1. The standard InChI is InChI=1S/C35H38F3N5O3/c1-2-24-27(37)5-4-21-10-23(45)11-25(28(21)24)30-29(38)31-26(14-39-30)32(42-15-20-6-8-34(12-20,17-42)18-44)41-33(40-31)46-19-35-7-3-9-43(35)16-22(36)13-35/h4-5,10-11,14,20,22,44-45H,2-3,6-9,12-13,15-19H2,1H3/t20?,22-,34?,35+/m1/s1. The van der Waals surface area contributed by atoms with Crippen LogP contribution in [-0.2, 0) is 6.42 Å². The molecular weight excluding hydrogens is 595 g/mol. The Hall–Kier alpha value is -3.70. The molecule has 0 spiro atoms. The number of fused-ring (bicyclic) bond motifs is 5. The zero-order valence-electron chi connectivity index (χ0n) is 25.9. The van der Waals surface area contributed by atoms with Gasteiger partial charge in [-0.05, 0) is 85.5 Å². The Bertz CT molecular complexity index is 1860. The lowest BCUT2D eigenvalue weighted by molar-refractivity contribution is 0.107. The number of hydrogen-bond donors (Lipinski definition) is 2. The number of pyridine rings is 1. The van der Waals surface area contributed by atoms with Gasteiger partial charge in [0.2, 0.25) is 0 Å². The van der Waals surface area contributed by atoms with Gasteiger partial charge in [-0.25, -0.2) is 13.2 Å². The van der Waals surface area contributed by atoms with Gasteiger partial charge in [0.05, 0.1) is 17.5 Å². The second-order valence-electron chi connectivity index (χ2n) is 14.0. The molecule has 5 heterocycles. The number of halogens is 3. The average Bonchev–Trinajstić information content (AvgIpc) is 3.68. The molecule has 46 heavy (non-hydrogen) atoms. The topological polar surface area (TPSA) is 94.8 Å². The molecule has 1 aliphatic carbocycles. The number of ether oxygens (including phenoxy) is 1. The fourth-order valence-electron chi connectivity index (χ4n) is 8.96. The van der Waals surface area contributed by atoms with Crippen molar-refractivity contribution in [2.24, 2.45) is 11.3 Å². The SMILES string of the molecule is CCc1c(F)ccc2cc(O)cc(-c3ncc4c(N5CC6CCC(CO)(C6)C5)nc(OC[C@@]56CCCN5C[C@H](F)C6)nc4c3F)c12. The van der Waals surface area contributed by atoms with E-state index in [-0.39, 0.29) is 47.2 Å². The van der Waals surface area contributed by atoms with Crippen molar-refractivity contribution in [1.82, 2.24) is 19.9 Å². The van der Waals surface area contributed by atoms with Gasteiger partial charge >= 0.3 is 6.01 Å². The molecule has 4 atom stereocenters. The Labute approximate surface area is 265 Å². The van der Waals surface area contributed by atoms with Crippen LogP contribution in [0.15, 0.2) is 30.5 Å². The minimum absolute atomic E-state index is 0.000823. The Morgan fingerprint density at radius 2 is 1.98 bits per heavy atom. The van der Waals surface area contributed by atoms with Crippen LogP contribution in [-0.4, -0.2) is 81.2 Å². The number of aromatic nitrogens is 3. The first-order valence-corrected chi connectivity index (χ1v) is 16.4. The maximum Gasteiger partial charge on any atom is 0.319 e. The highest BCUT2D eigenvalue weighted by Gasteiger charge is 2.50. The Kier molecular flexibility index (Phi) is 7.06. The highest BCUT2D eigenvalue weighted by atomic mass is 19.1. The van der Waals surface area contributed by atoms with Gasteiger partial charge < -0.3 is 19.8 Å². The molecule has 1 saturated carbocycles. The van der Waals surface area contributed by atoms with E-state index >= 15 is 4.39 Å². The summed E-state index contributed by atoms with van der Waals surface area (Å²) in [5.74, 6) is -0.375. The summed E-state index contributed by atoms with van der Waals surface area (Å²) in [6.45, 7) is 4.54. The summed E-state index contributed by atoms with van der Waals surface area (Å²) in [6, 6.07) is 5.85. The van der Waals surface area contributed by atoms with Crippen LogP contribution in [0.3, 0.4) is 0 Å². The molecule has 11 heteroatoms. The highest BCUT2D eigenvalue weighted by molar-refractivity contribution is 6.01. The summed E-state index contributed by atoms with van der Waals surface area (Å²) in [5, 5.41) is 22.4. The molecule has 0 amide bonds. The number of hydrogen-bond acceptors (Lipinski definition) is 8. The van der Waals surface area contributed by atoms with Crippen LogP contribution in [0.25, 0.3) is 32.9 Å². The minimum Gasteiger partial charge on any atom is -0.508 e. The van der Waals surface area contributed by atoms with Crippen molar-refractivity contribution in [1.29, 1.82) is 0 Å². The molecule has 2 unspecified atom stereocenters. The monoisotopic (exact) mass is 633 g/mol. The van der Waals surface area contributed by atoms with Crippen molar-refractivity contribution >= 4 is 27.5 Å². The molecule has 3 saturated heterocycles. The number of benzene rings is 2. The van der Waals surface area contributed by atoms with Gasteiger partial charge in [-0.3, -0.25) is 9.88 Å². The molecule has 2 aromatic heterocycles. The number of piperidine rings is 1. The lowest BCUT2D eigenvalue weighted by Crippen LogP contribution is -2.45.